The molecule has 0 aliphatic heterocycles. The van der Waals surface area contributed by atoms with E-state index in [1.807, 2.05) is 0 Å². The van der Waals surface area contributed by atoms with E-state index in [1.165, 1.54) is 25.0 Å². The molecule has 0 bridgehead atoms. The summed E-state index contributed by atoms with van der Waals surface area (Å²) in [5.41, 5.74) is 2.92. The van der Waals surface area contributed by atoms with Crippen LogP contribution in [0.5, 0.6) is 0 Å². The van der Waals surface area contributed by atoms with Crippen LogP contribution in [0.15, 0.2) is 24.3 Å². The van der Waals surface area contributed by atoms with Crippen LogP contribution in [-0.4, -0.2) is 11.5 Å². The molecule has 0 atom stereocenters. The third kappa shape index (κ3) is 1.97. The lowest BCUT2D eigenvalue weighted by Crippen LogP contribution is -2.00. The molecule has 88 valence electrons. The van der Waals surface area contributed by atoms with Gasteiger partial charge in [0.25, 0.3) is 0 Å². The van der Waals surface area contributed by atoms with E-state index >= 15 is 0 Å². The molecule has 2 nitrogen and oxygen atoms in total. The number of benzene rings is 1. The van der Waals surface area contributed by atoms with Gasteiger partial charge >= 0.3 is 0 Å². The molecule has 1 aliphatic rings. The van der Waals surface area contributed by atoms with Gasteiger partial charge < -0.3 is 5.32 Å². The summed E-state index contributed by atoms with van der Waals surface area (Å²) in [4.78, 5) is 4.56. The van der Waals surface area contributed by atoms with Crippen molar-refractivity contribution in [3.05, 3.63) is 35.8 Å². The van der Waals surface area contributed by atoms with Gasteiger partial charge in [-0.25, -0.2) is 4.39 Å². The Hall–Kier alpha value is -1.64. The second-order valence-corrected chi connectivity index (χ2v) is 4.56. The van der Waals surface area contributed by atoms with Gasteiger partial charge in [0, 0.05) is 35.3 Å². The first-order valence-electron chi connectivity index (χ1n) is 6.12. The maximum atomic E-state index is 13.2. The quantitative estimate of drug-likeness (QED) is 0.870. The number of nitrogens with zero attached hydrogens (tertiary/aromatic N) is 1. The normalized spacial score (nSPS) is 15.2. The van der Waals surface area contributed by atoms with Gasteiger partial charge in [0.1, 0.15) is 5.82 Å². The van der Waals surface area contributed by atoms with Crippen LogP contribution in [0.2, 0.25) is 0 Å². The van der Waals surface area contributed by atoms with Gasteiger partial charge in [-0.3, -0.25) is 4.98 Å². The van der Waals surface area contributed by atoms with Crippen molar-refractivity contribution in [1.82, 2.24) is 4.98 Å². The number of aromatic nitrogens is 1. The SMILES string of the molecule is CCNc1cc(C2CC2)nc2cc(F)ccc12. The van der Waals surface area contributed by atoms with Crippen molar-refractivity contribution in [3.8, 4) is 0 Å². The molecule has 0 amide bonds. The van der Waals surface area contributed by atoms with Crippen LogP contribution >= 0.6 is 0 Å². The molecule has 1 aliphatic carbocycles. The number of fused-ring (bicyclic) bond motifs is 1. The van der Waals surface area contributed by atoms with Crippen molar-refractivity contribution < 1.29 is 4.39 Å². The molecular formula is C14H15FN2. The monoisotopic (exact) mass is 230 g/mol. The number of pyridine rings is 1. The van der Waals surface area contributed by atoms with Crippen molar-refractivity contribution in [2.24, 2.45) is 0 Å². The Morgan fingerprint density at radius 2 is 2.18 bits per heavy atom. The molecule has 0 spiro atoms. The molecule has 1 heterocycles. The summed E-state index contributed by atoms with van der Waals surface area (Å²) in [5, 5.41) is 4.33. The van der Waals surface area contributed by atoms with Gasteiger partial charge in [-0.15, -0.1) is 0 Å². The third-order valence-corrected chi connectivity index (χ3v) is 3.15. The molecule has 0 saturated heterocycles. The molecule has 3 rings (SSSR count). The van der Waals surface area contributed by atoms with E-state index in [9.17, 15) is 4.39 Å². The second kappa shape index (κ2) is 3.99. The summed E-state index contributed by atoms with van der Waals surface area (Å²) in [6.45, 7) is 2.92. The first-order chi connectivity index (χ1) is 8.28. The number of hydrogen-bond donors (Lipinski definition) is 1. The van der Waals surface area contributed by atoms with E-state index in [4.69, 9.17) is 0 Å². The van der Waals surface area contributed by atoms with Crippen LogP contribution in [0, 0.1) is 5.82 Å². The lowest BCUT2D eigenvalue weighted by atomic mass is 10.1. The average Bonchev–Trinajstić information content (AvgIpc) is 3.12. The fourth-order valence-corrected chi connectivity index (χ4v) is 2.15. The van der Waals surface area contributed by atoms with E-state index in [0.29, 0.717) is 5.92 Å². The average molecular weight is 230 g/mol. The standard InChI is InChI=1S/C14H15FN2/c1-2-16-13-8-12(9-3-4-9)17-14-7-10(15)5-6-11(13)14/h5-9H,2-4H2,1H3,(H,16,17). The Bertz CT molecular complexity index is 561. The highest BCUT2D eigenvalue weighted by Crippen LogP contribution is 2.41. The van der Waals surface area contributed by atoms with E-state index in [1.54, 1.807) is 6.07 Å². The zero-order valence-electron chi connectivity index (χ0n) is 9.83. The van der Waals surface area contributed by atoms with Crippen LogP contribution in [0.25, 0.3) is 10.9 Å². The Balaban J connectivity index is 2.19. The lowest BCUT2D eigenvalue weighted by molar-refractivity contribution is 0.629. The van der Waals surface area contributed by atoms with Gasteiger partial charge in [0.2, 0.25) is 0 Å². The fraction of sp³-hybridized carbons (Fsp3) is 0.357. The third-order valence-electron chi connectivity index (χ3n) is 3.15. The summed E-state index contributed by atoms with van der Waals surface area (Å²) in [6.07, 6.45) is 2.42. The van der Waals surface area contributed by atoms with Gasteiger partial charge in [-0.05, 0) is 38.0 Å². The van der Waals surface area contributed by atoms with Crippen LogP contribution in [0.3, 0.4) is 0 Å². The topological polar surface area (TPSA) is 24.9 Å². The molecule has 1 N–H and O–H groups in total. The van der Waals surface area contributed by atoms with E-state index in [2.05, 4.69) is 23.3 Å². The van der Waals surface area contributed by atoms with E-state index in [-0.39, 0.29) is 5.82 Å². The molecule has 1 fully saturated rings. The van der Waals surface area contributed by atoms with Crippen LogP contribution in [0.1, 0.15) is 31.4 Å². The number of halogens is 1. The molecule has 1 saturated carbocycles. The maximum absolute atomic E-state index is 13.2. The largest absolute Gasteiger partial charge is 0.385 e. The number of nitrogens with one attached hydrogen (secondary N) is 1. The van der Waals surface area contributed by atoms with Gasteiger partial charge in [-0.2, -0.15) is 0 Å². The molecule has 17 heavy (non-hydrogen) atoms. The molecule has 1 aromatic carbocycles. The van der Waals surface area contributed by atoms with Gasteiger partial charge in [0.05, 0.1) is 5.52 Å². The molecule has 0 unspecified atom stereocenters. The molecule has 1 aromatic heterocycles. The van der Waals surface area contributed by atoms with Crippen LogP contribution in [0.4, 0.5) is 10.1 Å². The van der Waals surface area contributed by atoms with Crippen molar-refractivity contribution in [2.75, 3.05) is 11.9 Å². The minimum absolute atomic E-state index is 0.222. The zero-order chi connectivity index (χ0) is 11.8. The molecule has 2 aromatic rings. The summed E-state index contributed by atoms with van der Waals surface area (Å²) in [6, 6.07) is 6.91. The first-order valence-corrected chi connectivity index (χ1v) is 6.12. The minimum Gasteiger partial charge on any atom is -0.385 e. The van der Waals surface area contributed by atoms with E-state index in [0.717, 1.165) is 28.8 Å². The van der Waals surface area contributed by atoms with Crippen LogP contribution in [-0.2, 0) is 0 Å². The predicted molar refractivity (Wildman–Crippen MR) is 67.8 cm³/mol. The Morgan fingerprint density at radius 3 is 2.88 bits per heavy atom. The first kappa shape index (κ1) is 10.5. The van der Waals surface area contributed by atoms with Gasteiger partial charge in [0.15, 0.2) is 0 Å². The molecule has 3 heteroatoms. The summed E-state index contributed by atoms with van der Waals surface area (Å²) in [5.74, 6) is 0.362. The number of rotatable bonds is 3. The molecular weight excluding hydrogens is 215 g/mol. The van der Waals surface area contributed by atoms with Crippen LogP contribution < -0.4 is 5.32 Å². The van der Waals surface area contributed by atoms with Crippen molar-refractivity contribution >= 4 is 16.6 Å². The Kier molecular flexibility index (Phi) is 2.46. The van der Waals surface area contributed by atoms with Gasteiger partial charge in [-0.1, -0.05) is 0 Å². The van der Waals surface area contributed by atoms with Crippen molar-refractivity contribution in [2.45, 2.75) is 25.7 Å². The zero-order valence-corrected chi connectivity index (χ0v) is 9.83. The highest BCUT2D eigenvalue weighted by atomic mass is 19.1. The second-order valence-electron chi connectivity index (χ2n) is 4.56. The Morgan fingerprint density at radius 1 is 1.35 bits per heavy atom. The Labute approximate surface area is 99.9 Å². The predicted octanol–water partition coefficient (Wildman–Crippen LogP) is 3.68. The lowest BCUT2D eigenvalue weighted by Gasteiger charge is -2.10. The fourth-order valence-electron chi connectivity index (χ4n) is 2.15. The van der Waals surface area contributed by atoms with E-state index < -0.39 is 0 Å². The summed E-state index contributed by atoms with van der Waals surface area (Å²) >= 11 is 0. The van der Waals surface area contributed by atoms with Crippen molar-refractivity contribution in [3.63, 3.8) is 0 Å². The summed E-state index contributed by atoms with van der Waals surface area (Å²) < 4.78 is 13.2. The minimum atomic E-state index is -0.222. The van der Waals surface area contributed by atoms with Crippen molar-refractivity contribution in [1.29, 1.82) is 0 Å². The maximum Gasteiger partial charge on any atom is 0.125 e. The number of hydrogen-bond acceptors (Lipinski definition) is 2. The smallest absolute Gasteiger partial charge is 0.125 e. The summed E-state index contributed by atoms with van der Waals surface area (Å²) in [7, 11) is 0. The molecule has 0 radical (unpaired) electrons. The highest BCUT2D eigenvalue weighted by Gasteiger charge is 2.25. The number of anilines is 1. The highest BCUT2D eigenvalue weighted by molar-refractivity contribution is 5.91.